The fourth-order valence-corrected chi connectivity index (χ4v) is 5.16. The third kappa shape index (κ3) is 2.02. The topological polar surface area (TPSA) is 50.2 Å². The third-order valence-corrected chi connectivity index (χ3v) is 6.19. The normalized spacial score (nSPS) is 18.6. The number of thiazole rings is 1. The summed E-state index contributed by atoms with van der Waals surface area (Å²) in [6.07, 6.45) is 2.61. The van der Waals surface area contributed by atoms with Crippen LogP contribution in [0.25, 0.3) is 9.88 Å². The van der Waals surface area contributed by atoms with Gasteiger partial charge in [0, 0.05) is 9.35 Å². The zero-order chi connectivity index (χ0) is 12.7. The molecular weight excluding hydrogens is 334 g/mol. The molecule has 0 saturated heterocycles. The molecule has 1 aliphatic carbocycles. The summed E-state index contributed by atoms with van der Waals surface area (Å²) in [5.41, 5.74) is 0.786. The molecule has 6 heteroatoms. The lowest BCUT2D eigenvalue weighted by molar-refractivity contribution is -0.139. The molecule has 1 atom stereocenters. The minimum absolute atomic E-state index is 0.419. The van der Waals surface area contributed by atoms with E-state index in [0.717, 1.165) is 37.8 Å². The number of nitrogens with zero attached hydrogens (tertiary/aromatic N) is 1. The average molecular weight is 344 g/mol. The molecule has 1 N–H and O–H groups in total. The van der Waals surface area contributed by atoms with Crippen LogP contribution in [0.15, 0.2) is 15.9 Å². The molecule has 0 aromatic carbocycles. The maximum Gasteiger partial charge on any atom is 0.312 e. The number of rotatable bonds is 2. The van der Waals surface area contributed by atoms with Gasteiger partial charge in [0.1, 0.15) is 10.9 Å². The number of hydrogen-bond donors (Lipinski definition) is 1. The Balaban J connectivity index is 2.06. The van der Waals surface area contributed by atoms with E-state index in [4.69, 9.17) is 0 Å². The van der Waals surface area contributed by atoms with Gasteiger partial charge in [-0.3, -0.25) is 4.79 Å². The Labute approximate surface area is 121 Å². The van der Waals surface area contributed by atoms with Crippen LogP contribution in [-0.4, -0.2) is 16.1 Å². The molecule has 18 heavy (non-hydrogen) atoms. The van der Waals surface area contributed by atoms with Crippen LogP contribution in [0.1, 0.15) is 29.3 Å². The molecular formula is C12H10BrNO2S2. The molecule has 3 rings (SSSR count). The lowest BCUT2D eigenvalue weighted by atomic mass is 9.91. The maximum atomic E-state index is 11.2. The second-order valence-electron chi connectivity index (χ2n) is 4.21. The van der Waals surface area contributed by atoms with Gasteiger partial charge in [-0.2, -0.15) is 0 Å². The van der Waals surface area contributed by atoms with Gasteiger partial charge >= 0.3 is 5.97 Å². The molecule has 0 saturated carbocycles. The van der Waals surface area contributed by atoms with E-state index in [0.29, 0.717) is 6.42 Å². The van der Waals surface area contributed by atoms with Gasteiger partial charge in [0.2, 0.25) is 0 Å². The van der Waals surface area contributed by atoms with Crippen molar-refractivity contribution in [1.82, 2.24) is 4.98 Å². The first-order valence-electron chi connectivity index (χ1n) is 5.62. The van der Waals surface area contributed by atoms with Gasteiger partial charge in [-0.05, 0) is 46.6 Å². The summed E-state index contributed by atoms with van der Waals surface area (Å²) in [5.74, 6) is -1.17. The molecule has 0 fully saturated rings. The van der Waals surface area contributed by atoms with Gasteiger partial charge in [-0.25, -0.2) is 4.98 Å². The Hall–Kier alpha value is -0.720. The van der Waals surface area contributed by atoms with Crippen LogP contribution < -0.4 is 0 Å². The number of hydrogen-bond acceptors (Lipinski definition) is 4. The van der Waals surface area contributed by atoms with Gasteiger partial charge in [0.25, 0.3) is 0 Å². The monoisotopic (exact) mass is 343 g/mol. The van der Waals surface area contributed by atoms with Crippen molar-refractivity contribution in [3.05, 3.63) is 26.5 Å². The van der Waals surface area contributed by atoms with E-state index in [2.05, 4.69) is 20.9 Å². The van der Waals surface area contributed by atoms with E-state index in [-0.39, 0.29) is 0 Å². The largest absolute Gasteiger partial charge is 0.481 e. The Morgan fingerprint density at radius 3 is 3.06 bits per heavy atom. The Morgan fingerprint density at radius 2 is 2.39 bits per heavy atom. The Bertz CT molecular complexity index is 605. The fourth-order valence-electron chi connectivity index (χ4n) is 2.20. The summed E-state index contributed by atoms with van der Waals surface area (Å²) in [5, 5.41) is 12.2. The van der Waals surface area contributed by atoms with Crippen LogP contribution in [0, 0.1) is 0 Å². The molecule has 2 aromatic heterocycles. The van der Waals surface area contributed by atoms with Crippen LogP contribution >= 0.6 is 38.6 Å². The molecule has 2 aromatic rings. The van der Waals surface area contributed by atoms with E-state index in [9.17, 15) is 9.90 Å². The van der Waals surface area contributed by atoms with Crippen LogP contribution in [-0.2, 0) is 11.2 Å². The van der Waals surface area contributed by atoms with E-state index in [1.807, 2.05) is 11.4 Å². The number of aliphatic carboxylic acids is 1. The number of carboxylic acid groups (broad SMARTS) is 1. The number of aryl methyl sites for hydroxylation is 1. The molecule has 0 bridgehead atoms. The molecule has 1 unspecified atom stereocenters. The molecule has 0 aliphatic heterocycles. The number of halogens is 1. The maximum absolute atomic E-state index is 11.2. The van der Waals surface area contributed by atoms with E-state index >= 15 is 0 Å². The molecule has 0 radical (unpaired) electrons. The first-order valence-corrected chi connectivity index (χ1v) is 8.11. The highest BCUT2D eigenvalue weighted by atomic mass is 79.9. The highest BCUT2D eigenvalue weighted by molar-refractivity contribution is 9.10. The average Bonchev–Trinajstić information content (AvgIpc) is 2.92. The van der Waals surface area contributed by atoms with Gasteiger partial charge in [0.05, 0.1) is 10.6 Å². The highest BCUT2D eigenvalue weighted by Crippen LogP contribution is 2.42. The number of carbonyl (C=O) groups is 1. The quantitative estimate of drug-likeness (QED) is 0.891. The van der Waals surface area contributed by atoms with Crippen LogP contribution in [0.2, 0.25) is 0 Å². The molecule has 2 heterocycles. The molecule has 1 aliphatic rings. The molecule has 0 amide bonds. The predicted molar refractivity (Wildman–Crippen MR) is 76.4 cm³/mol. The van der Waals surface area contributed by atoms with Crippen LogP contribution in [0.3, 0.4) is 0 Å². The molecule has 3 nitrogen and oxygen atoms in total. The Morgan fingerprint density at radius 1 is 1.56 bits per heavy atom. The number of aromatic nitrogens is 1. The number of carboxylic acids is 1. The Kier molecular flexibility index (Phi) is 3.25. The second kappa shape index (κ2) is 4.75. The SMILES string of the molecule is O=C(O)C1CCCc2sc(-c3sccc3Br)nc21. The summed E-state index contributed by atoms with van der Waals surface area (Å²) < 4.78 is 1.03. The van der Waals surface area contributed by atoms with Crippen molar-refractivity contribution in [3.8, 4) is 9.88 Å². The van der Waals surface area contributed by atoms with Crippen molar-refractivity contribution in [1.29, 1.82) is 0 Å². The minimum Gasteiger partial charge on any atom is -0.481 e. The first-order chi connectivity index (χ1) is 8.66. The summed E-state index contributed by atoms with van der Waals surface area (Å²) in [4.78, 5) is 18.1. The van der Waals surface area contributed by atoms with Crippen molar-refractivity contribution in [2.75, 3.05) is 0 Å². The third-order valence-electron chi connectivity index (χ3n) is 3.06. The number of fused-ring (bicyclic) bond motifs is 1. The van der Waals surface area contributed by atoms with Gasteiger partial charge in [0.15, 0.2) is 0 Å². The first kappa shape index (κ1) is 12.3. The minimum atomic E-state index is -0.752. The van der Waals surface area contributed by atoms with Crippen molar-refractivity contribution in [2.45, 2.75) is 25.2 Å². The second-order valence-corrected chi connectivity index (χ2v) is 7.06. The highest BCUT2D eigenvalue weighted by Gasteiger charge is 2.30. The molecule has 94 valence electrons. The summed E-state index contributed by atoms with van der Waals surface area (Å²) in [6, 6.07) is 2.00. The lowest BCUT2D eigenvalue weighted by Crippen LogP contribution is -2.17. The van der Waals surface area contributed by atoms with Gasteiger partial charge in [-0.15, -0.1) is 22.7 Å². The summed E-state index contributed by atoms with van der Waals surface area (Å²) >= 11 is 6.76. The van der Waals surface area contributed by atoms with E-state index in [1.54, 1.807) is 22.7 Å². The van der Waals surface area contributed by atoms with Crippen molar-refractivity contribution in [2.24, 2.45) is 0 Å². The lowest BCUT2D eigenvalue weighted by Gasteiger charge is -2.16. The zero-order valence-corrected chi connectivity index (χ0v) is 12.6. The zero-order valence-electron chi connectivity index (χ0n) is 9.35. The standard InChI is InChI=1S/C12H10BrNO2S2/c13-7-4-5-17-10(7)11-14-9-6(12(15)16)2-1-3-8(9)18-11/h4-6H,1-3H2,(H,15,16). The summed E-state index contributed by atoms with van der Waals surface area (Å²) in [6.45, 7) is 0. The predicted octanol–water partition coefficient (Wildman–Crippen LogP) is 4.14. The van der Waals surface area contributed by atoms with E-state index < -0.39 is 11.9 Å². The van der Waals surface area contributed by atoms with Crippen LogP contribution in [0.4, 0.5) is 0 Å². The van der Waals surface area contributed by atoms with Gasteiger partial charge < -0.3 is 5.11 Å². The fraction of sp³-hybridized carbons (Fsp3) is 0.333. The smallest absolute Gasteiger partial charge is 0.312 e. The van der Waals surface area contributed by atoms with Gasteiger partial charge in [-0.1, -0.05) is 0 Å². The van der Waals surface area contributed by atoms with Crippen molar-refractivity contribution < 1.29 is 9.90 Å². The van der Waals surface area contributed by atoms with E-state index in [1.165, 1.54) is 0 Å². The van der Waals surface area contributed by atoms with Crippen molar-refractivity contribution >= 4 is 44.6 Å². The number of thiophene rings is 1. The molecule has 0 spiro atoms. The van der Waals surface area contributed by atoms with Crippen LogP contribution in [0.5, 0.6) is 0 Å². The summed E-state index contributed by atoms with van der Waals surface area (Å²) in [7, 11) is 0. The van der Waals surface area contributed by atoms with Crippen molar-refractivity contribution in [3.63, 3.8) is 0 Å².